The number of nitrogens with zero attached hydrogens (tertiary/aromatic N) is 2. The van der Waals surface area contributed by atoms with Crippen molar-refractivity contribution in [3.05, 3.63) is 94.8 Å². The minimum absolute atomic E-state index is 0.101. The first-order valence-corrected chi connectivity index (χ1v) is 10.8. The van der Waals surface area contributed by atoms with E-state index in [1.54, 1.807) is 6.07 Å². The van der Waals surface area contributed by atoms with Crippen LogP contribution in [0.3, 0.4) is 0 Å². The number of hydrogen-bond acceptors (Lipinski definition) is 3. The third kappa shape index (κ3) is 5.63. The Morgan fingerprint density at radius 2 is 1.61 bits per heavy atom. The van der Waals surface area contributed by atoms with Gasteiger partial charge in [-0.15, -0.1) is 0 Å². The molecule has 4 nitrogen and oxygen atoms in total. The molecule has 1 aliphatic rings. The lowest BCUT2D eigenvalue weighted by Gasteiger charge is -2.36. The van der Waals surface area contributed by atoms with Gasteiger partial charge >= 0.3 is 0 Å². The Kier molecular flexibility index (Phi) is 6.85. The molecule has 1 aliphatic heterocycles. The number of carbonyl (C=O) groups excluding carboxylic acids is 1. The molecule has 0 bridgehead atoms. The van der Waals surface area contributed by atoms with Crippen LogP contribution in [0.4, 0.5) is 15.8 Å². The molecule has 0 spiro atoms. The van der Waals surface area contributed by atoms with Crippen LogP contribution in [0.2, 0.25) is 5.02 Å². The highest BCUT2D eigenvalue weighted by Crippen LogP contribution is 2.22. The largest absolute Gasteiger partial charge is 0.369 e. The highest BCUT2D eigenvalue weighted by molar-refractivity contribution is 6.31. The van der Waals surface area contributed by atoms with Crippen molar-refractivity contribution >= 4 is 28.9 Å². The molecule has 0 aromatic heterocycles. The Hall–Kier alpha value is -2.89. The predicted octanol–water partition coefficient (Wildman–Crippen LogP) is 4.98. The van der Waals surface area contributed by atoms with Crippen LogP contribution in [-0.4, -0.2) is 37.0 Å². The van der Waals surface area contributed by atoms with Gasteiger partial charge in [0.25, 0.3) is 0 Å². The van der Waals surface area contributed by atoms with Gasteiger partial charge in [-0.25, -0.2) is 4.39 Å². The topological polar surface area (TPSA) is 35.6 Å². The van der Waals surface area contributed by atoms with Crippen LogP contribution in [0.5, 0.6) is 0 Å². The number of benzene rings is 3. The van der Waals surface area contributed by atoms with E-state index >= 15 is 0 Å². The van der Waals surface area contributed by atoms with E-state index in [2.05, 4.69) is 39.4 Å². The first-order valence-electron chi connectivity index (χ1n) is 10.4. The van der Waals surface area contributed by atoms with Gasteiger partial charge in [0.15, 0.2) is 0 Å². The summed E-state index contributed by atoms with van der Waals surface area (Å²) in [7, 11) is 0. The second kappa shape index (κ2) is 9.94. The number of amides is 1. The average Bonchev–Trinajstić information content (AvgIpc) is 2.78. The fourth-order valence-electron chi connectivity index (χ4n) is 3.83. The number of nitrogens with one attached hydrogen (secondary N) is 1. The van der Waals surface area contributed by atoms with Crippen molar-refractivity contribution in [2.24, 2.45) is 0 Å². The molecular weight excluding hydrogens is 413 g/mol. The highest BCUT2D eigenvalue weighted by atomic mass is 35.5. The Labute approximate surface area is 187 Å². The van der Waals surface area contributed by atoms with Gasteiger partial charge in [0.1, 0.15) is 5.82 Å². The lowest BCUT2D eigenvalue weighted by molar-refractivity contribution is -0.115. The summed E-state index contributed by atoms with van der Waals surface area (Å²) in [6, 6.07) is 22.7. The van der Waals surface area contributed by atoms with Crippen molar-refractivity contribution in [1.82, 2.24) is 4.90 Å². The van der Waals surface area contributed by atoms with Crippen molar-refractivity contribution in [2.45, 2.75) is 13.0 Å². The fourth-order valence-corrected chi connectivity index (χ4v) is 4.06. The number of carbonyl (C=O) groups is 1. The number of rotatable bonds is 6. The molecule has 0 unspecified atom stereocenters. The summed E-state index contributed by atoms with van der Waals surface area (Å²) in [5.74, 6) is -0.765. The summed E-state index contributed by atoms with van der Waals surface area (Å²) < 4.78 is 13.9. The van der Waals surface area contributed by atoms with Crippen molar-refractivity contribution in [2.75, 3.05) is 36.4 Å². The van der Waals surface area contributed by atoms with E-state index in [1.165, 1.54) is 17.7 Å². The van der Waals surface area contributed by atoms with E-state index in [0.29, 0.717) is 5.69 Å². The van der Waals surface area contributed by atoms with Gasteiger partial charge in [0, 0.05) is 54.7 Å². The van der Waals surface area contributed by atoms with Crippen molar-refractivity contribution < 1.29 is 9.18 Å². The predicted molar refractivity (Wildman–Crippen MR) is 124 cm³/mol. The molecule has 1 heterocycles. The van der Waals surface area contributed by atoms with Crippen molar-refractivity contribution in [3.8, 4) is 0 Å². The number of anilines is 2. The van der Waals surface area contributed by atoms with Crippen LogP contribution in [0.15, 0.2) is 72.8 Å². The van der Waals surface area contributed by atoms with E-state index in [4.69, 9.17) is 11.6 Å². The minimum Gasteiger partial charge on any atom is -0.369 e. The Bertz CT molecular complexity index is 998. The van der Waals surface area contributed by atoms with Crippen molar-refractivity contribution in [3.63, 3.8) is 0 Å². The highest BCUT2D eigenvalue weighted by Gasteiger charge is 2.17. The zero-order valence-electron chi connectivity index (χ0n) is 17.2. The quantitative estimate of drug-likeness (QED) is 0.590. The number of halogens is 2. The summed E-state index contributed by atoms with van der Waals surface area (Å²) in [4.78, 5) is 17.1. The molecule has 31 heavy (non-hydrogen) atoms. The van der Waals surface area contributed by atoms with Crippen LogP contribution in [-0.2, 0) is 17.8 Å². The molecule has 160 valence electrons. The molecule has 6 heteroatoms. The number of piperazine rings is 1. The van der Waals surface area contributed by atoms with Gasteiger partial charge in [-0.05, 0) is 42.0 Å². The zero-order chi connectivity index (χ0) is 21.6. The Morgan fingerprint density at radius 1 is 0.903 bits per heavy atom. The molecule has 3 aromatic rings. The molecule has 0 radical (unpaired) electrons. The normalized spacial score (nSPS) is 14.5. The van der Waals surface area contributed by atoms with E-state index in [0.717, 1.165) is 38.4 Å². The standard InChI is InChI=1S/C25H25ClFN3O/c26-23-7-4-8-24(27)22(23)17-25(31)28-20-9-11-21(12-10-20)30-15-13-29(14-16-30)18-19-5-2-1-3-6-19/h1-12H,13-18H2,(H,28,31). The summed E-state index contributed by atoms with van der Waals surface area (Å²) in [6.07, 6.45) is -0.101. The molecule has 1 N–H and O–H groups in total. The molecule has 0 aliphatic carbocycles. The van der Waals surface area contributed by atoms with E-state index in [1.807, 2.05) is 30.3 Å². The van der Waals surface area contributed by atoms with Gasteiger partial charge in [-0.3, -0.25) is 9.69 Å². The minimum atomic E-state index is -0.468. The third-order valence-electron chi connectivity index (χ3n) is 5.54. The number of hydrogen-bond donors (Lipinski definition) is 1. The molecule has 1 saturated heterocycles. The third-order valence-corrected chi connectivity index (χ3v) is 5.89. The molecule has 1 fully saturated rings. The van der Waals surface area contributed by atoms with Gasteiger partial charge in [0.05, 0.1) is 6.42 Å². The maximum atomic E-state index is 13.9. The van der Waals surface area contributed by atoms with Crippen LogP contribution in [0.1, 0.15) is 11.1 Å². The maximum absolute atomic E-state index is 13.9. The molecule has 0 saturated carbocycles. The van der Waals surface area contributed by atoms with Crippen LogP contribution >= 0.6 is 11.6 Å². The second-order valence-corrected chi connectivity index (χ2v) is 8.13. The second-order valence-electron chi connectivity index (χ2n) is 7.72. The van der Waals surface area contributed by atoms with Crippen LogP contribution < -0.4 is 10.2 Å². The first kappa shape index (κ1) is 21.3. The van der Waals surface area contributed by atoms with Gasteiger partial charge in [-0.1, -0.05) is 48.0 Å². The first-order chi connectivity index (χ1) is 15.1. The lowest BCUT2D eigenvalue weighted by Crippen LogP contribution is -2.45. The molecule has 0 atom stereocenters. The summed E-state index contributed by atoms with van der Waals surface area (Å²) in [5, 5.41) is 3.08. The van der Waals surface area contributed by atoms with Crippen LogP contribution in [0, 0.1) is 5.82 Å². The Morgan fingerprint density at radius 3 is 2.29 bits per heavy atom. The maximum Gasteiger partial charge on any atom is 0.228 e. The van der Waals surface area contributed by atoms with E-state index in [-0.39, 0.29) is 22.9 Å². The molecule has 1 amide bonds. The van der Waals surface area contributed by atoms with Gasteiger partial charge in [-0.2, -0.15) is 0 Å². The van der Waals surface area contributed by atoms with Gasteiger partial charge < -0.3 is 10.2 Å². The average molecular weight is 438 g/mol. The lowest BCUT2D eigenvalue weighted by atomic mass is 10.1. The monoisotopic (exact) mass is 437 g/mol. The smallest absolute Gasteiger partial charge is 0.228 e. The molecule has 4 rings (SSSR count). The fraction of sp³-hybridized carbons (Fsp3) is 0.240. The SMILES string of the molecule is O=C(Cc1c(F)cccc1Cl)Nc1ccc(N2CCN(Cc3ccccc3)CC2)cc1. The summed E-state index contributed by atoms with van der Waals surface area (Å²) in [5.41, 5.74) is 3.37. The zero-order valence-corrected chi connectivity index (χ0v) is 18.0. The summed E-state index contributed by atoms with van der Waals surface area (Å²) >= 11 is 6.01. The van der Waals surface area contributed by atoms with Crippen molar-refractivity contribution in [1.29, 1.82) is 0 Å². The summed E-state index contributed by atoms with van der Waals surface area (Å²) in [6.45, 7) is 4.92. The van der Waals surface area contributed by atoms with Gasteiger partial charge in [0.2, 0.25) is 5.91 Å². The Balaban J connectivity index is 1.29. The molecular formula is C25H25ClFN3O. The van der Waals surface area contributed by atoms with E-state index < -0.39 is 5.82 Å². The van der Waals surface area contributed by atoms with Crippen LogP contribution in [0.25, 0.3) is 0 Å². The molecule has 3 aromatic carbocycles. The van der Waals surface area contributed by atoms with E-state index in [9.17, 15) is 9.18 Å².